The maximum atomic E-state index is 13.2. The molecule has 2 nitrogen and oxygen atoms in total. The highest BCUT2D eigenvalue weighted by atomic mass is 19.1. The van der Waals surface area contributed by atoms with Crippen molar-refractivity contribution in [2.45, 2.75) is 19.3 Å². The summed E-state index contributed by atoms with van der Waals surface area (Å²) in [7, 11) is 0. The molecule has 1 aliphatic rings. The summed E-state index contributed by atoms with van der Waals surface area (Å²) in [6.45, 7) is 2.13. The van der Waals surface area contributed by atoms with Gasteiger partial charge in [0.25, 0.3) is 0 Å². The Bertz CT molecular complexity index is 332. The molecule has 2 rings (SSSR count). The minimum Gasteiger partial charge on any atom is -0.396 e. The maximum absolute atomic E-state index is 13.2. The van der Waals surface area contributed by atoms with Gasteiger partial charge in [0.1, 0.15) is 5.82 Å². The van der Waals surface area contributed by atoms with Crippen LogP contribution in [0.3, 0.4) is 0 Å². The molecule has 1 aliphatic heterocycles. The maximum Gasteiger partial charge on any atom is 0.146 e. The Hall–Kier alpha value is -1.09. The van der Waals surface area contributed by atoms with Crippen molar-refractivity contribution in [1.82, 2.24) is 5.32 Å². The van der Waals surface area contributed by atoms with Gasteiger partial charge in [-0.1, -0.05) is 12.1 Å². The number of halogens is 1. The first-order valence-corrected chi connectivity index (χ1v) is 5.51. The highest BCUT2D eigenvalue weighted by Gasteiger charge is 2.15. The van der Waals surface area contributed by atoms with Crippen molar-refractivity contribution in [1.29, 1.82) is 0 Å². The number of nitrogens with two attached hydrogens (primary N) is 1. The zero-order chi connectivity index (χ0) is 10.7. The van der Waals surface area contributed by atoms with E-state index in [0.717, 1.165) is 25.1 Å². The molecule has 0 amide bonds. The van der Waals surface area contributed by atoms with Crippen LogP contribution in [-0.4, -0.2) is 13.1 Å². The molecule has 1 atom stereocenters. The van der Waals surface area contributed by atoms with Crippen LogP contribution in [0.15, 0.2) is 18.2 Å². The predicted octanol–water partition coefficient (Wildman–Crippen LogP) is 1.95. The zero-order valence-corrected chi connectivity index (χ0v) is 8.80. The van der Waals surface area contributed by atoms with E-state index < -0.39 is 0 Å². The molecular weight excluding hydrogens is 191 g/mol. The lowest BCUT2D eigenvalue weighted by molar-refractivity contribution is 0.376. The first-order valence-electron chi connectivity index (χ1n) is 5.51. The molecule has 0 radical (unpaired) electrons. The van der Waals surface area contributed by atoms with Crippen LogP contribution < -0.4 is 11.1 Å². The van der Waals surface area contributed by atoms with Crippen LogP contribution in [0.5, 0.6) is 0 Å². The highest BCUT2D eigenvalue weighted by molar-refractivity contribution is 5.48. The Balaban J connectivity index is 2.06. The molecule has 0 aliphatic carbocycles. The fourth-order valence-electron chi connectivity index (χ4n) is 2.17. The Morgan fingerprint density at radius 1 is 1.47 bits per heavy atom. The van der Waals surface area contributed by atoms with Crippen molar-refractivity contribution in [3.8, 4) is 0 Å². The van der Waals surface area contributed by atoms with Gasteiger partial charge in [-0.2, -0.15) is 0 Å². The third-order valence-corrected chi connectivity index (χ3v) is 3.05. The zero-order valence-electron chi connectivity index (χ0n) is 8.80. The van der Waals surface area contributed by atoms with Gasteiger partial charge in [0.05, 0.1) is 5.69 Å². The molecule has 0 spiro atoms. The summed E-state index contributed by atoms with van der Waals surface area (Å²) in [6, 6.07) is 5.07. The molecule has 15 heavy (non-hydrogen) atoms. The number of nitrogen functional groups attached to an aromatic ring is 1. The lowest BCUT2D eigenvalue weighted by Gasteiger charge is -2.23. The summed E-state index contributed by atoms with van der Waals surface area (Å²) in [4.78, 5) is 0. The number of para-hydroxylation sites is 1. The highest BCUT2D eigenvalue weighted by Crippen LogP contribution is 2.22. The molecular formula is C12H17FN2. The van der Waals surface area contributed by atoms with Crippen molar-refractivity contribution in [2.75, 3.05) is 18.8 Å². The first kappa shape index (κ1) is 10.4. The number of anilines is 1. The first-order chi connectivity index (χ1) is 7.27. The van der Waals surface area contributed by atoms with E-state index in [1.165, 1.54) is 18.9 Å². The van der Waals surface area contributed by atoms with Crippen LogP contribution in [0.4, 0.5) is 10.1 Å². The molecule has 0 aromatic heterocycles. The second-order valence-corrected chi connectivity index (χ2v) is 4.23. The molecule has 1 unspecified atom stereocenters. The molecule has 1 aromatic rings. The Morgan fingerprint density at radius 2 is 2.33 bits per heavy atom. The van der Waals surface area contributed by atoms with Gasteiger partial charge >= 0.3 is 0 Å². The predicted molar refractivity (Wildman–Crippen MR) is 60.1 cm³/mol. The molecule has 1 fully saturated rings. The Kier molecular flexibility index (Phi) is 3.21. The average Bonchev–Trinajstić information content (AvgIpc) is 2.26. The van der Waals surface area contributed by atoms with Gasteiger partial charge in [-0.15, -0.1) is 0 Å². The summed E-state index contributed by atoms with van der Waals surface area (Å²) >= 11 is 0. The van der Waals surface area contributed by atoms with Gasteiger partial charge < -0.3 is 11.1 Å². The van der Waals surface area contributed by atoms with Gasteiger partial charge in [0.2, 0.25) is 0 Å². The van der Waals surface area contributed by atoms with Crippen LogP contribution in [0.1, 0.15) is 18.4 Å². The number of piperidine rings is 1. The minimum atomic E-state index is -0.295. The monoisotopic (exact) mass is 208 g/mol. The van der Waals surface area contributed by atoms with Crippen LogP contribution in [-0.2, 0) is 6.42 Å². The SMILES string of the molecule is Nc1c(F)cccc1CC1CCCNC1. The third-order valence-electron chi connectivity index (χ3n) is 3.05. The molecule has 82 valence electrons. The topological polar surface area (TPSA) is 38.0 Å². The van der Waals surface area contributed by atoms with Gasteiger partial charge in [-0.3, -0.25) is 0 Å². The van der Waals surface area contributed by atoms with Gasteiger partial charge in [0, 0.05) is 0 Å². The number of nitrogens with one attached hydrogen (secondary N) is 1. The van der Waals surface area contributed by atoms with Crippen LogP contribution in [0.25, 0.3) is 0 Å². The second-order valence-electron chi connectivity index (χ2n) is 4.23. The van der Waals surface area contributed by atoms with Crippen molar-refractivity contribution in [2.24, 2.45) is 5.92 Å². The average molecular weight is 208 g/mol. The smallest absolute Gasteiger partial charge is 0.146 e. The summed E-state index contributed by atoms with van der Waals surface area (Å²) < 4.78 is 13.2. The lowest BCUT2D eigenvalue weighted by Crippen LogP contribution is -2.31. The molecule has 3 heteroatoms. The number of hydrogen-bond donors (Lipinski definition) is 2. The van der Waals surface area contributed by atoms with E-state index in [2.05, 4.69) is 5.32 Å². The van der Waals surface area contributed by atoms with Crippen molar-refractivity contribution in [3.63, 3.8) is 0 Å². The number of rotatable bonds is 2. The van der Waals surface area contributed by atoms with Crippen LogP contribution in [0.2, 0.25) is 0 Å². The van der Waals surface area contributed by atoms with Crippen molar-refractivity contribution < 1.29 is 4.39 Å². The summed E-state index contributed by atoms with van der Waals surface area (Å²) in [5.41, 5.74) is 6.97. The van der Waals surface area contributed by atoms with Gasteiger partial charge in [-0.05, 0) is 49.9 Å². The molecule has 1 aromatic carbocycles. The van der Waals surface area contributed by atoms with E-state index in [0.29, 0.717) is 11.6 Å². The van der Waals surface area contributed by atoms with Gasteiger partial charge in [-0.25, -0.2) is 4.39 Å². The van der Waals surface area contributed by atoms with E-state index in [-0.39, 0.29) is 5.82 Å². The van der Waals surface area contributed by atoms with E-state index in [9.17, 15) is 4.39 Å². The quantitative estimate of drug-likeness (QED) is 0.729. The molecule has 1 saturated heterocycles. The molecule has 3 N–H and O–H groups in total. The summed E-state index contributed by atoms with van der Waals surface area (Å²) in [5.74, 6) is 0.305. The fourth-order valence-corrected chi connectivity index (χ4v) is 2.17. The Labute approximate surface area is 89.7 Å². The molecule has 0 bridgehead atoms. The van der Waals surface area contributed by atoms with E-state index >= 15 is 0 Å². The third kappa shape index (κ3) is 2.48. The van der Waals surface area contributed by atoms with Crippen molar-refractivity contribution >= 4 is 5.69 Å². The number of hydrogen-bond acceptors (Lipinski definition) is 2. The van der Waals surface area contributed by atoms with E-state index in [1.807, 2.05) is 6.07 Å². The van der Waals surface area contributed by atoms with E-state index in [4.69, 9.17) is 5.73 Å². The number of benzene rings is 1. The summed E-state index contributed by atoms with van der Waals surface area (Å²) in [6.07, 6.45) is 3.30. The lowest BCUT2D eigenvalue weighted by atomic mass is 9.91. The normalized spacial score (nSPS) is 21.5. The largest absolute Gasteiger partial charge is 0.396 e. The van der Waals surface area contributed by atoms with E-state index in [1.54, 1.807) is 6.07 Å². The molecule has 0 saturated carbocycles. The van der Waals surface area contributed by atoms with Crippen LogP contribution in [0, 0.1) is 11.7 Å². The standard InChI is InChI=1S/C12H17FN2/c13-11-5-1-4-10(12(11)14)7-9-3-2-6-15-8-9/h1,4-5,9,15H,2-3,6-8,14H2. The van der Waals surface area contributed by atoms with Crippen LogP contribution >= 0.6 is 0 Å². The van der Waals surface area contributed by atoms with Gasteiger partial charge in [0.15, 0.2) is 0 Å². The minimum absolute atomic E-state index is 0.295. The fraction of sp³-hybridized carbons (Fsp3) is 0.500. The Morgan fingerprint density at radius 3 is 3.07 bits per heavy atom. The summed E-state index contributed by atoms with van der Waals surface area (Å²) in [5, 5.41) is 3.35. The van der Waals surface area contributed by atoms with Crippen molar-refractivity contribution in [3.05, 3.63) is 29.6 Å². The molecule has 1 heterocycles. The second kappa shape index (κ2) is 4.62.